The van der Waals surface area contributed by atoms with E-state index >= 15 is 0 Å². The van der Waals surface area contributed by atoms with Crippen molar-refractivity contribution in [2.24, 2.45) is 0 Å². The molecule has 1 atom stereocenters. The maximum Gasteiger partial charge on any atom is 0.0110 e. The maximum absolute atomic E-state index is 3.42. The summed E-state index contributed by atoms with van der Waals surface area (Å²) in [7, 11) is 2.30. The van der Waals surface area contributed by atoms with Gasteiger partial charge in [0.2, 0.25) is 0 Å². The predicted molar refractivity (Wildman–Crippen MR) is 68.8 cm³/mol. The lowest BCUT2D eigenvalue weighted by atomic mass is 9.91. The fraction of sp³-hybridized carbons (Fsp3) is 1.00. The topological polar surface area (TPSA) is 18.5 Å². The van der Waals surface area contributed by atoms with Crippen LogP contribution in [-0.2, 0) is 0 Å². The van der Waals surface area contributed by atoms with Crippen LogP contribution in [0.1, 0.15) is 32.6 Å². The fourth-order valence-electron chi connectivity index (χ4n) is 2.71. The second kappa shape index (κ2) is 5.99. The second-order valence-corrected chi connectivity index (χ2v) is 5.49. The molecule has 1 N–H and O–H groups in total. The van der Waals surface area contributed by atoms with Crippen LogP contribution >= 0.6 is 0 Å². The van der Waals surface area contributed by atoms with E-state index in [1.165, 1.54) is 58.4 Å². The molecule has 94 valence electrons. The third-order valence-electron chi connectivity index (χ3n) is 4.37. The van der Waals surface area contributed by atoms with E-state index in [-0.39, 0.29) is 0 Å². The summed E-state index contributed by atoms with van der Waals surface area (Å²) in [6, 6.07) is 1.65. The van der Waals surface area contributed by atoms with E-state index < -0.39 is 0 Å². The number of nitrogens with zero attached hydrogens (tertiary/aromatic N) is 2. The lowest BCUT2D eigenvalue weighted by Crippen LogP contribution is -2.48. The average molecular weight is 225 g/mol. The Bertz CT molecular complexity index is 197. The Balaban J connectivity index is 1.63. The zero-order valence-electron chi connectivity index (χ0n) is 10.9. The molecule has 0 bridgehead atoms. The normalized spacial score (nSPS) is 25.7. The van der Waals surface area contributed by atoms with Gasteiger partial charge in [0.05, 0.1) is 0 Å². The first-order chi connectivity index (χ1) is 7.77. The van der Waals surface area contributed by atoms with Crippen molar-refractivity contribution in [2.75, 3.05) is 39.8 Å². The quantitative estimate of drug-likeness (QED) is 0.757. The molecule has 1 unspecified atom stereocenters. The molecule has 1 saturated heterocycles. The smallest absolute Gasteiger partial charge is 0.0110 e. The van der Waals surface area contributed by atoms with Crippen LogP contribution in [0.2, 0.25) is 0 Å². The summed E-state index contributed by atoms with van der Waals surface area (Å²) in [5.74, 6) is 0. The second-order valence-electron chi connectivity index (χ2n) is 5.49. The van der Waals surface area contributed by atoms with Crippen molar-refractivity contribution in [3.63, 3.8) is 0 Å². The molecule has 0 aromatic carbocycles. The van der Waals surface area contributed by atoms with Crippen molar-refractivity contribution in [1.82, 2.24) is 15.1 Å². The van der Waals surface area contributed by atoms with Gasteiger partial charge in [0.1, 0.15) is 0 Å². The Labute approximate surface area is 100 Å². The molecule has 0 aromatic heterocycles. The van der Waals surface area contributed by atoms with E-state index in [4.69, 9.17) is 0 Å². The Morgan fingerprint density at radius 2 is 2.00 bits per heavy atom. The van der Waals surface area contributed by atoms with Gasteiger partial charge in [0, 0.05) is 38.3 Å². The molecule has 16 heavy (non-hydrogen) atoms. The van der Waals surface area contributed by atoms with Gasteiger partial charge < -0.3 is 10.2 Å². The van der Waals surface area contributed by atoms with Crippen LogP contribution in [0.25, 0.3) is 0 Å². The molecule has 1 heterocycles. The third-order valence-corrected chi connectivity index (χ3v) is 4.37. The zero-order chi connectivity index (χ0) is 11.4. The first-order valence-electron chi connectivity index (χ1n) is 6.92. The molecule has 3 heteroatoms. The van der Waals surface area contributed by atoms with Crippen LogP contribution in [-0.4, -0.2) is 61.7 Å². The Hall–Kier alpha value is -0.120. The van der Waals surface area contributed by atoms with Gasteiger partial charge in [0.25, 0.3) is 0 Å². The zero-order valence-corrected chi connectivity index (χ0v) is 10.9. The molecule has 3 nitrogen and oxygen atoms in total. The molecular formula is C13H27N3. The van der Waals surface area contributed by atoms with E-state index in [2.05, 4.69) is 29.1 Å². The SMILES string of the molecule is CC(CCN(C)C1CCC1)N1CCNCC1. The van der Waals surface area contributed by atoms with Crippen molar-refractivity contribution in [3.05, 3.63) is 0 Å². The van der Waals surface area contributed by atoms with Crippen molar-refractivity contribution in [1.29, 1.82) is 0 Å². The van der Waals surface area contributed by atoms with Gasteiger partial charge in [-0.15, -0.1) is 0 Å². The minimum absolute atomic E-state index is 0.754. The molecule has 0 aromatic rings. The molecule has 0 radical (unpaired) electrons. The maximum atomic E-state index is 3.42. The summed E-state index contributed by atoms with van der Waals surface area (Å²) in [4.78, 5) is 5.20. The minimum Gasteiger partial charge on any atom is -0.314 e. The highest BCUT2D eigenvalue weighted by Crippen LogP contribution is 2.23. The van der Waals surface area contributed by atoms with Crippen LogP contribution in [0.15, 0.2) is 0 Å². The van der Waals surface area contributed by atoms with Gasteiger partial charge >= 0.3 is 0 Å². The third kappa shape index (κ3) is 3.19. The molecule has 0 amide bonds. The molecule has 0 spiro atoms. The largest absolute Gasteiger partial charge is 0.314 e. The number of hydrogen-bond donors (Lipinski definition) is 1. The lowest BCUT2D eigenvalue weighted by Gasteiger charge is -2.37. The van der Waals surface area contributed by atoms with Crippen LogP contribution in [0.4, 0.5) is 0 Å². The summed E-state index contributed by atoms with van der Waals surface area (Å²) in [6.45, 7) is 8.46. The van der Waals surface area contributed by atoms with Crippen molar-refractivity contribution in [2.45, 2.75) is 44.7 Å². The van der Waals surface area contributed by atoms with Gasteiger partial charge in [-0.05, 0) is 39.8 Å². The first kappa shape index (κ1) is 12.3. The highest BCUT2D eigenvalue weighted by Gasteiger charge is 2.23. The number of piperazine rings is 1. The van der Waals surface area contributed by atoms with Crippen molar-refractivity contribution in [3.8, 4) is 0 Å². The summed E-state index contributed by atoms with van der Waals surface area (Å²) >= 11 is 0. The molecule has 2 rings (SSSR count). The van der Waals surface area contributed by atoms with Gasteiger partial charge in [-0.3, -0.25) is 4.90 Å². The number of nitrogens with one attached hydrogen (secondary N) is 1. The van der Waals surface area contributed by atoms with Gasteiger partial charge in [-0.2, -0.15) is 0 Å². The summed E-state index contributed by atoms with van der Waals surface area (Å²) in [5.41, 5.74) is 0. The Morgan fingerprint density at radius 3 is 2.56 bits per heavy atom. The Morgan fingerprint density at radius 1 is 1.31 bits per heavy atom. The van der Waals surface area contributed by atoms with Crippen molar-refractivity contribution < 1.29 is 0 Å². The van der Waals surface area contributed by atoms with E-state index in [0.717, 1.165) is 12.1 Å². The fourth-order valence-corrected chi connectivity index (χ4v) is 2.71. The van der Waals surface area contributed by atoms with Crippen LogP contribution in [0.5, 0.6) is 0 Å². The lowest BCUT2D eigenvalue weighted by molar-refractivity contribution is 0.125. The first-order valence-corrected chi connectivity index (χ1v) is 6.92. The summed E-state index contributed by atoms with van der Waals surface area (Å²) in [6.07, 6.45) is 5.63. The summed E-state index contributed by atoms with van der Waals surface area (Å²) in [5, 5.41) is 3.42. The number of hydrogen-bond acceptors (Lipinski definition) is 3. The summed E-state index contributed by atoms with van der Waals surface area (Å²) < 4.78 is 0. The standard InChI is InChI=1S/C13H27N3/c1-12(16-10-7-14-8-11-16)6-9-15(2)13-4-3-5-13/h12-14H,3-11H2,1-2H3. The molecular weight excluding hydrogens is 198 g/mol. The monoisotopic (exact) mass is 225 g/mol. The number of rotatable bonds is 5. The highest BCUT2D eigenvalue weighted by molar-refractivity contribution is 4.80. The molecule has 1 aliphatic heterocycles. The molecule has 1 aliphatic carbocycles. The molecule has 2 aliphatic rings. The average Bonchev–Trinajstić information content (AvgIpc) is 2.25. The van der Waals surface area contributed by atoms with Crippen LogP contribution < -0.4 is 5.32 Å². The Kier molecular flexibility index (Phi) is 4.62. The molecule has 2 fully saturated rings. The van der Waals surface area contributed by atoms with Crippen LogP contribution in [0, 0.1) is 0 Å². The van der Waals surface area contributed by atoms with E-state index in [0.29, 0.717) is 0 Å². The van der Waals surface area contributed by atoms with Gasteiger partial charge in [-0.1, -0.05) is 6.42 Å². The predicted octanol–water partition coefficient (Wildman–Crippen LogP) is 1.15. The highest BCUT2D eigenvalue weighted by atomic mass is 15.2. The van der Waals surface area contributed by atoms with Gasteiger partial charge in [0.15, 0.2) is 0 Å². The van der Waals surface area contributed by atoms with Gasteiger partial charge in [-0.25, -0.2) is 0 Å². The minimum atomic E-state index is 0.754. The van der Waals surface area contributed by atoms with E-state index in [9.17, 15) is 0 Å². The van der Waals surface area contributed by atoms with Crippen LogP contribution in [0.3, 0.4) is 0 Å². The van der Waals surface area contributed by atoms with E-state index in [1.807, 2.05) is 0 Å². The van der Waals surface area contributed by atoms with E-state index in [1.54, 1.807) is 0 Å². The molecule has 1 saturated carbocycles. The van der Waals surface area contributed by atoms with Crippen molar-refractivity contribution >= 4 is 0 Å².